The van der Waals surface area contributed by atoms with Crippen LogP contribution in [0.15, 0.2) is 18.2 Å². The summed E-state index contributed by atoms with van der Waals surface area (Å²) in [7, 11) is 0. The highest BCUT2D eigenvalue weighted by Gasteiger charge is 2.12. The minimum atomic E-state index is 0.225. The van der Waals surface area contributed by atoms with Gasteiger partial charge in [0.25, 0.3) is 0 Å². The van der Waals surface area contributed by atoms with Gasteiger partial charge in [-0.05, 0) is 61.9 Å². The molecule has 100 valence electrons. The van der Waals surface area contributed by atoms with Gasteiger partial charge in [-0.25, -0.2) is 0 Å². The maximum absolute atomic E-state index is 5.96. The molecule has 1 aromatic rings. The second kappa shape index (κ2) is 6.24. The topological polar surface area (TPSA) is 21.3 Å². The molecule has 0 saturated heterocycles. The van der Waals surface area contributed by atoms with Gasteiger partial charge in [0.05, 0.1) is 0 Å². The number of rotatable bonds is 6. The molecule has 0 fully saturated rings. The number of benzene rings is 1. The van der Waals surface area contributed by atoms with Crippen molar-refractivity contribution >= 4 is 0 Å². The molecule has 1 unspecified atom stereocenters. The number of hydrogen-bond donors (Lipinski definition) is 1. The minimum absolute atomic E-state index is 0.225. The van der Waals surface area contributed by atoms with E-state index in [4.69, 9.17) is 4.74 Å². The lowest BCUT2D eigenvalue weighted by Gasteiger charge is -2.17. The van der Waals surface area contributed by atoms with Crippen LogP contribution in [-0.4, -0.2) is 19.2 Å². The molecule has 1 atom stereocenters. The zero-order valence-electron chi connectivity index (χ0n) is 11.8. The van der Waals surface area contributed by atoms with Crippen LogP contribution in [-0.2, 0) is 12.8 Å². The van der Waals surface area contributed by atoms with Gasteiger partial charge in [-0.2, -0.15) is 0 Å². The van der Waals surface area contributed by atoms with Crippen molar-refractivity contribution in [2.45, 2.75) is 46.1 Å². The average Bonchev–Trinajstić information content (AvgIpc) is 2.75. The van der Waals surface area contributed by atoms with E-state index >= 15 is 0 Å². The van der Waals surface area contributed by atoms with E-state index in [-0.39, 0.29) is 6.10 Å². The third-order valence-electron chi connectivity index (χ3n) is 3.39. The first-order valence-corrected chi connectivity index (χ1v) is 7.14. The van der Waals surface area contributed by atoms with Crippen molar-refractivity contribution in [1.29, 1.82) is 0 Å². The van der Waals surface area contributed by atoms with E-state index in [1.165, 1.54) is 30.4 Å². The monoisotopic (exact) mass is 247 g/mol. The van der Waals surface area contributed by atoms with Crippen LogP contribution in [0.3, 0.4) is 0 Å². The van der Waals surface area contributed by atoms with E-state index in [1.54, 1.807) is 0 Å². The Morgan fingerprint density at radius 1 is 1.11 bits per heavy atom. The van der Waals surface area contributed by atoms with Crippen LogP contribution in [0.4, 0.5) is 0 Å². The normalized spacial score (nSPS) is 15.8. The number of fused-ring (bicyclic) bond motifs is 1. The fourth-order valence-electron chi connectivity index (χ4n) is 2.47. The van der Waals surface area contributed by atoms with Gasteiger partial charge in [0.15, 0.2) is 0 Å². The van der Waals surface area contributed by atoms with E-state index in [0.717, 1.165) is 18.8 Å². The Bertz CT molecular complexity index is 387. The average molecular weight is 247 g/mol. The van der Waals surface area contributed by atoms with Crippen LogP contribution in [0.1, 0.15) is 38.3 Å². The number of nitrogens with one attached hydrogen (secondary N) is 1. The predicted octanol–water partition coefficient (Wildman–Crippen LogP) is 3.19. The van der Waals surface area contributed by atoms with Crippen LogP contribution in [0.2, 0.25) is 0 Å². The maximum Gasteiger partial charge on any atom is 0.120 e. The molecule has 1 aliphatic carbocycles. The lowest BCUT2D eigenvalue weighted by Crippen LogP contribution is -2.31. The van der Waals surface area contributed by atoms with Gasteiger partial charge in [-0.15, -0.1) is 0 Å². The first kappa shape index (κ1) is 13.4. The summed E-state index contributed by atoms with van der Waals surface area (Å²) >= 11 is 0. The molecular formula is C16H25NO. The lowest BCUT2D eigenvalue weighted by atomic mass is 10.1. The molecule has 1 N–H and O–H groups in total. The van der Waals surface area contributed by atoms with Crippen LogP contribution in [0, 0.1) is 5.92 Å². The summed E-state index contributed by atoms with van der Waals surface area (Å²) in [6.45, 7) is 8.53. The standard InChI is InChI=1S/C16H25NO/c1-12(2)10-17-11-13(3)18-16-8-7-14-5-4-6-15(14)9-16/h7-9,12-13,17H,4-6,10-11H2,1-3H3. The van der Waals surface area contributed by atoms with Gasteiger partial charge in [-0.3, -0.25) is 0 Å². The third kappa shape index (κ3) is 3.74. The molecule has 0 saturated carbocycles. The second-order valence-electron chi connectivity index (χ2n) is 5.76. The molecule has 2 heteroatoms. The largest absolute Gasteiger partial charge is 0.489 e. The predicted molar refractivity (Wildman–Crippen MR) is 76.3 cm³/mol. The Balaban J connectivity index is 1.82. The Hall–Kier alpha value is -1.02. The Morgan fingerprint density at radius 2 is 1.89 bits per heavy atom. The zero-order chi connectivity index (χ0) is 13.0. The molecule has 18 heavy (non-hydrogen) atoms. The van der Waals surface area contributed by atoms with Gasteiger partial charge in [0, 0.05) is 6.54 Å². The third-order valence-corrected chi connectivity index (χ3v) is 3.39. The first-order chi connectivity index (χ1) is 8.65. The summed E-state index contributed by atoms with van der Waals surface area (Å²) in [5.41, 5.74) is 2.99. The zero-order valence-corrected chi connectivity index (χ0v) is 11.8. The fourth-order valence-corrected chi connectivity index (χ4v) is 2.47. The summed E-state index contributed by atoms with van der Waals surface area (Å²) < 4.78 is 5.96. The fraction of sp³-hybridized carbons (Fsp3) is 0.625. The summed E-state index contributed by atoms with van der Waals surface area (Å²) in [5.74, 6) is 1.71. The molecule has 0 heterocycles. The summed E-state index contributed by atoms with van der Waals surface area (Å²) in [4.78, 5) is 0. The van der Waals surface area contributed by atoms with Crippen molar-refractivity contribution < 1.29 is 4.74 Å². The van der Waals surface area contributed by atoms with Gasteiger partial charge < -0.3 is 10.1 Å². The van der Waals surface area contributed by atoms with E-state index in [0.29, 0.717) is 5.92 Å². The molecule has 0 aliphatic heterocycles. The molecule has 0 amide bonds. The van der Waals surface area contributed by atoms with Gasteiger partial charge in [0.2, 0.25) is 0 Å². The Morgan fingerprint density at radius 3 is 2.67 bits per heavy atom. The molecule has 0 bridgehead atoms. The van der Waals surface area contributed by atoms with Crippen molar-refractivity contribution in [3.63, 3.8) is 0 Å². The van der Waals surface area contributed by atoms with Crippen molar-refractivity contribution in [2.24, 2.45) is 5.92 Å². The highest BCUT2D eigenvalue weighted by atomic mass is 16.5. The molecule has 2 rings (SSSR count). The summed E-state index contributed by atoms with van der Waals surface area (Å²) in [6.07, 6.45) is 3.97. The first-order valence-electron chi connectivity index (χ1n) is 7.14. The SMILES string of the molecule is CC(C)CNCC(C)Oc1ccc2c(c1)CCC2. The van der Waals surface area contributed by atoms with Gasteiger partial charge in [-0.1, -0.05) is 19.9 Å². The second-order valence-corrected chi connectivity index (χ2v) is 5.76. The number of ether oxygens (including phenoxy) is 1. The van der Waals surface area contributed by atoms with E-state index in [9.17, 15) is 0 Å². The molecule has 0 radical (unpaired) electrons. The number of aryl methyl sites for hydroxylation is 2. The van der Waals surface area contributed by atoms with Crippen molar-refractivity contribution in [1.82, 2.24) is 5.32 Å². The highest BCUT2D eigenvalue weighted by molar-refractivity contribution is 5.38. The molecule has 0 aromatic heterocycles. The lowest BCUT2D eigenvalue weighted by molar-refractivity contribution is 0.215. The van der Waals surface area contributed by atoms with E-state index in [2.05, 4.69) is 44.3 Å². The van der Waals surface area contributed by atoms with Crippen LogP contribution >= 0.6 is 0 Å². The van der Waals surface area contributed by atoms with Crippen LogP contribution < -0.4 is 10.1 Å². The van der Waals surface area contributed by atoms with E-state index < -0.39 is 0 Å². The summed E-state index contributed by atoms with van der Waals surface area (Å²) in [5, 5.41) is 3.43. The Labute approximate surface area is 111 Å². The smallest absolute Gasteiger partial charge is 0.120 e. The molecular weight excluding hydrogens is 222 g/mol. The number of hydrogen-bond acceptors (Lipinski definition) is 2. The van der Waals surface area contributed by atoms with Crippen LogP contribution in [0.25, 0.3) is 0 Å². The molecule has 0 spiro atoms. The van der Waals surface area contributed by atoms with Crippen molar-refractivity contribution in [3.05, 3.63) is 29.3 Å². The van der Waals surface area contributed by atoms with Gasteiger partial charge in [0.1, 0.15) is 11.9 Å². The quantitative estimate of drug-likeness (QED) is 0.833. The summed E-state index contributed by atoms with van der Waals surface area (Å²) in [6, 6.07) is 6.57. The van der Waals surface area contributed by atoms with Crippen LogP contribution in [0.5, 0.6) is 5.75 Å². The van der Waals surface area contributed by atoms with Gasteiger partial charge >= 0.3 is 0 Å². The Kier molecular flexibility index (Phi) is 4.65. The molecule has 2 nitrogen and oxygen atoms in total. The molecule has 1 aliphatic rings. The minimum Gasteiger partial charge on any atom is -0.489 e. The van der Waals surface area contributed by atoms with Crippen molar-refractivity contribution in [2.75, 3.05) is 13.1 Å². The maximum atomic E-state index is 5.96. The molecule has 1 aromatic carbocycles. The highest BCUT2D eigenvalue weighted by Crippen LogP contribution is 2.26. The van der Waals surface area contributed by atoms with E-state index in [1.807, 2.05) is 0 Å². The van der Waals surface area contributed by atoms with Crippen molar-refractivity contribution in [3.8, 4) is 5.75 Å².